The van der Waals surface area contributed by atoms with Gasteiger partial charge in [-0.25, -0.2) is 0 Å². The fraction of sp³-hybridized carbons (Fsp3) is 0.105. The monoisotopic (exact) mass is 258 g/mol. The van der Waals surface area contributed by atoms with Crippen molar-refractivity contribution in [3.8, 4) is 0 Å². The van der Waals surface area contributed by atoms with Crippen LogP contribution in [0.4, 0.5) is 0 Å². The summed E-state index contributed by atoms with van der Waals surface area (Å²) in [6.07, 6.45) is 0. The molecule has 0 aliphatic carbocycles. The second-order valence-corrected chi connectivity index (χ2v) is 5.49. The molecule has 1 aromatic heterocycles. The van der Waals surface area contributed by atoms with Crippen molar-refractivity contribution in [3.05, 3.63) is 66.2 Å². The van der Waals surface area contributed by atoms with Crippen molar-refractivity contribution >= 4 is 32.6 Å². The Morgan fingerprint density at radius 3 is 2.40 bits per heavy atom. The van der Waals surface area contributed by atoms with E-state index >= 15 is 0 Å². The minimum atomic E-state index is 1.28. The van der Waals surface area contributed by atoms with Gasteiger partial charge in [0.2, 0.25) is 11.0 Å². The Morgan fingerprint density at radius 1 is 0.700 bits per heavy atom. The molecule has 0 atom stereocenters. The molecule has 4 rings (SSSR count). The van der Waals surface area contributed by atoms with Crippen molar-refractivity contribution < 1.29 is 4.57 Å². The van der Waals surface area contributed by atoms with Gasteiger partial charge in [-0.1, -0.05) is 30.3 Å². The first kappa shape index (κ1) is 11.4. The Labute approximate surface area is 118 Å². The van der Waals surface area contributed by atoms with Gasteiger partial charge in [-0.15, -0.1) is 0 Å². The van der Waals surface area contributed by atoms with E-state index in [0.29, 0.717) is 0 Å². The van der Waals surface area contributed by atoms with Gasteiger partial charge in [0.25, 0.3) is 0 Å². The molecule has 20 heavy (non-hydrogen) atoms. The minimum Gasteiger partial charge on any atom is -0.194 e. The van der Waals surface area contributed by atoms with Crippen LogP contribution < -0.4 is 4.57 Å². The maximum absolute atomic E-state index is 2.31. The molecule has 0 aliphatic heterocycles. The second kappa shape index (κ2) is 4.04. The average molecular weight is 258 g/mol. The van der Waals surface area contributed by atoms with E-state index in [-0.39, 0.29) is 0 Å². The van der Waals surface area contributed by atoms with E-state index in [0.717, 1.165) is 0 Å². The highest BCUT2D eigenvalue weighted by Gasteiger charge is 2.13. The molecular formula is C19H16N+. The molecule has 96 valence electrons. The number of pyridine rings is 1. The van der Waals surface area contributed by atoms with Crippen LogP contribution in [0.15, 0.2) is 60.7 Å². The van der Waals surface area contributed by atoms with Crippen molar-refractivity contribution in [2.75, 3.05) is 0 Å². The predicted molar refractivity (Wildman–Crippen MR) is 84.9 cm³/mol. The summed E-state index contributed by atoms with van der Waals surface area (Å²) in [5.41, 5.74) is 3.86. The Bertz CT molecular complexity index is 967. The first-order chi connectivity index (χ1) is 9.74. The van der Waals surface area contributed by atoms with Gasteiger partial charge in [0.05, 0.1) is 5.39 Å². The van der Waals surface area contributed by atoms with Crippen molar-refractivity contribution in [1.82, 2.24) is 0 Å². The fourth-order valence-corrected chi connectivity index (χ4v) is 3.08. The minimum absolute atomic E-state index is 1.28. The van der Waals surface area contributed by atoms with E-state index in [4.69, 9.17) is 0 Å². The molecule has 0 radical (unpaired) electrons. The standard InChI is InChI=1S/C19H16N/c1-13-7-8-15-12-17-16-6-4-3-5-14(16)9-10-18(17)20(2)19(15)11-13/h3-12H,1-2H3/q+1. The molecule has 0 unspecified atom stereocenters. The first-order valence-corrected chi connectivity index (χ1v) is 6.95. The molecule has 0 N–H and O–H groups in total. The number of aryl methyl sites for hydroxylation is 2. The van der Waals surface area contributed by atoms with Crippen LogP contribution in [0.3, 0.4) is 0 Å². The lowest BCUT2D eigenvalue weighted by atomic mass is 10.0. The molecule has 0 saturated carbocycles. The van der Waals surface area contributed by atoms with Crippen LogP contribution >= 0.6 is 0 Å². The van der Waals surface area contributed by atoms with Crippen molar-refractivity contribution in [1.29, 1.82) is 0 Å². The molecule has 0 spiro atoms. The van der Waals surface area contributed by atoms with Crippen LogP contribution in [0.5, 0.6) is 0 Å². The summed E-state index contributed by atoms with van der Waals surface area (Å²) in [6.45, 7) is 2.14. The second-order valence-electron chi connectivity index (χ2n) is 5.49. The van der Waals surface area contributed by atoms with Gasteiger partial charge in [0.15, 0.2) is 0 Å². The third kappa shape index (κ3) is 1.53. The molecule has 1 heteroatoms. The zero-order valence-electron chi connectivity index (χ0n) is 11.7. The van der Waals surface area contributed by atoms with Gasteiger partial charge in [-0.05, 0) is 41.5 Å². The SMILES string of the molecule is Cc1ccc2cc3c4ccccc4ccc3[n+](C)c2c1. The van der Waals surface area contributed by atoms with E-state index in [1.165, 1.54) is 38.1 Å². The molecular weight excluding hydrogens is 242 g/mol. The molecule has 1 heterocycles. The van der Waals surface area contributed by atoms with Crippen LogP contribution in [-0.2, 0) is 7.05 Å². The highest BCUT2D eigenvalue weighted by molar-refractivity contribution is 6.07. The van der Waals surface area contributed by atoms with Gasteiger partial charge in [-0.2, -0.15) is 4.57 Å². The summed E-state index contributed by atoms with van der Waals surface area (Å²) in [6, 6.07) is 22.0. The lowest BCUT2D eigenvalue weighted by molar-refractivity contribution is -0.617. The van der Waals surface area contributed by atoms with Crippen LogP contribution in [0.1, 0.15) is 5.56 Å². The summed E-state index contributed by atoms with van der Waals surface area (Å²) in [4.78, 5) is 0. The summed E-state index contributed by atoms with van der Waals surface area (Å²) < 4.78 is 2.30. The van der Waals surface area contributed by atoms with Crippen molar-refractivity contribution in [2.45, 2.75) is 6.92 Å². The van der Waals surface area contributed by atoms with E-state index in [9.17, 15) is 0 Å². The van der Waals surface area contributed by atoms with Gasteiger partial charge in [0.1, 0.15) is 7.05 Å². The third-order valence-electron chi connectivity index (χ3n) is 4.16. The zero-order valence-corrected chi connectivity index (χ0v) is 11.7. The quantitative estimate of drug-likeness (QED) is 0.252. The van der Waals surface area contributed by atoms with Gasteiger partial charge in [0, 0.05) is 17.5 Å². The predicted octanol–water partition coefficient (Wildman–Crippen LogP) is 4.28. The van der Waals surface area contributed by atoms with E-state index < -0.39 is 0 Å². The smallest absolute Gasteiger partial charge is 0.194 e. The number of rotatable bonds is 0. The van der Waals surface area contributed by atoms with Crippen LogP contribution in [-0.4, -0.2) is 0 Å². The third-order valence-corrected chi connectivity index (χ3v) is 4.16. The maximum atomic E-state index is 2.31. The molecule has 0 fully saturated rings. The molecule has 1 nitrogen and oxygen atoms in total. The van der Waals surface area contributed by atoms with Crippen LogP contribution in [0, 0.1) is 6.92 Å². The maximum Gasteiger partial charge on any atom is 0.213 e. The lowest BCUT2D eigenvalue weighted by Gasteiger charge is -2.06. The largest absolute Gasteiger partial charge is 0.213 e. The number of nitrogens with zero attached hydrogens (tertiary/aromatic N) is 1. The molecule has 0 amide bonds. The summed E-state index contributed by atoms with van der Waals surface area (Å²) in [5, 5.41) is 5.23. The highest BCUT2D eigenvalue weighted by Crippen LogP contribution is 2.26. The molecule has 0 aliphatic rings. The summed E-state index contributed by atoms with van der Waals surface area (Å²) >= 11 is 0. The number of hydrogen-bond donors (Lipinski definition) is 0. The Morgan fingerprint density at radius 2 is 1.50 bits per heavy atom. The van der Waals surface area contributed by atoms with Crippen molar-refractivity contribution in [2.24, 2.45) is 7.05 Å². The number of fused-ring (bicyclic) bond motifs is 4. The average Bonchev–Trinajstić information content (AvgIpc) is 2.48. The Balaban J connectivity index is 2.28. The number of hydrogen-bond acceptors (Lipinski definition) is 0. The normalized spacial score (nSPS) is 11.5. The molecule has 0 saturated heterocycles. The zero-order chi connectivity index (χ0) is 13.7. The topological polar surface area (TPSA) is 3.88 Å². The Hall–Kier alpha value is -2.41. The highest BCUT2D eigenvalue weighted by atomic mass is 14.9. The summed E-state index contributed by atoms with van der Waals surface area (Å²) in [5.74, 6) is 0. The van der Waals surface area contributed by atoms with Crippen LogP contribution in [0.25, 0.3) is 32.6 Å². The Kier molecular flexibility index (Phi) is 2.31. The van der Waals surface area contributed by atoms with Gasteiger partial charge in [-0.3, -0.25) is 0 Å². The van der Waals surface area contributed by atoms with Gasteiger partial charge >= 0.3 is 0 Å². The number of aromatic nitrogens is 1. The summed E-state index contributed by atoms with van der Waals surface area (Å²) in [7, 11) is 2.15. The van der Waals surface area contributed by atoms with Crippen molar-refractivity contribution in [3.63, 3.8) is 0 Å². The first-order valence-electron chi connectivity index (χ1n) is 6.95. The molecule has 4 aromatic rings. The lowest BCUT2D eigenvalue weighted by Crippen LogP contribution is -2.30. The molecule has 3 aromatic carbocycles. The molecule has 0 bridgehead atoms. The number of benzene rings is 3. The van der Waals surface area contributed by atoms with E-state index in [2.05, 4.69) is 79.2 Å². The van der Waals surface area contributed by atoms with E-state index in [1.807, 2.05) is 0 Å². The van der Waals surface area contributed by atoms with E-state index in [1.54, 1.807) is 0 Å². The van der Waals surface area contributed by atoms with Crippen LogP contribution in [0.2, 0.25) is 0 Å². The fourth-order valence-electron chi connectivity index (χ4n) is 3.08. The van der Waals surface area contributed by atoms with Gasteiger partial charge < -0.3 is 0 Å².